The summed E-state index contributed by atoms with van der Waals surface area (Å²) in [4.78, 5) is 44.3. The van der Waals surface area contributed by atoms with Crippen molar-refractivity contribution < 1.29 is 27.6 Å². The van der Waals surface area contributed by atoms with E-state index in [-0.39, 0.29) is 11.4 Å². The molecule has 4 N–H and O–H groups in total. The highest BCUT2D eigenvalue weighted by atomic mass is 19.4. The molecule has 4 aromatic carbocycles. The Morgan fingerprint density at radius 2 is 1.47 bits per heavy atom. The number of nitrogens with zero attached hydrogens (tertiary/aromatic N) is 1. The van der Waals surface area contributed by atoms with Gasteiger partial charge in [0.15, 0.2) is 0 Å². The maximum absolute atomic E-state index is 13.5. The van der Waals surface area contributed by atoms with E-state index in [1.54, 1.807) is 78.9 Å². The molecular formula is C37H33F3N4O3. The number of halogens is 3. The predicted octanol–water partition coefficient (Wildman–Crippen LogP) is 7.86. The SMILES string of the molecule is CCCCC[C@@](NC(=O)c1ccc2nc(NC(=O)c3ccccc3-c3ccc(C(F)(F)F)cc3)ccc2c1)(C(N)=O)c1ccccc1. The van der Waals surface area contributed by atoms with E-state index in [0.29, 0.717) is 46.0 Å². The number of benzene rings is 4. The number of rotatable bonds is 11. The van der Waals surface area contributed by atoms with E-state index in [0.717, 1.165) is 25.0 Å². The number of amides is 3. The van der Waals surface area contributed by atoms with Gasteiger partial charge in [0.25, 0.3) is 11.8 Å². The third-order valence-corrected chi connectivity index (χ3v) is 8.06. The number of hydrogen-bond donors (Lipinski definition) is 3. The fourth-order valence-corrected chi connectivity index (χ4v) is 5.53. The van der Waals surface area contributed by atoms with Crippen LogP contribution in [0.5, 0.6) is 0 Å². The molecular weight excluding hydrogens is 605 g/mol. The molecule has 0 radical (unpaired) electrons. The molecule has 0 aliphatic heterocycles. The second-order valence-corrected chi connectivity index (χ2v) is 11.2. The monoisotopic (exact) mass is 638 g/mol. The lowest BCUT2D eigenvalue weighted by Crippen LogP contribution is -2.55. The topological polar surface area (TPSA) is 114 Å². The average molecular weight is 639 g/mol. The van der Waals surface area contributed by atoms with Gasteiger partial charge < -0.3 is 16.4 Å². The molecule has 10 heteroatoms. The van der Waals surface area contributed by atoms with Crippen LogP contribution in [0.15, 0.2) is 109 Å². The molecule has 0 saturated heterocycles. The Bertz CT molecular complexity index is 1910. The molecule has 0 bridgehead atoms. The van der Waals surface area contributed by atoms with Gasteiger partial charge >= 0.3 is 6.18 Å². The largest absolute Gasteiger partial charge is 0.416 e. The van der Waals surface area contributed by atoms with Crippen molar-refractivity contribution in [1.29, 1.82) is 0 Å². The van der Waals surface area contributed by atoms with Crippen molar-refractivity contribution in [3.63, 3.8) is 0 Å². The fourth-order valence-electron chi connectivity index (χ4n) is 5.53. The molecule has 1 aromatic heterocycles. The van der Waals surface area contributed by atoms with Gasteiger partial charge in [0.2, 0.25) is 5.91 Å². The first-order valence-corrected chi connectivity index (χ1v) is 15.2. The minimum atomic E-state index is -4.47. The average Bonchev–Trinajstić information content (AvgIpc) is 3.07. The van der Waals surface area contributed by atoms with E-state index in [9.17, 15) is 27.6 Å². The number of carbonyl (C=O) groups excluding carboxylic acids is 3. The smallest absolute Gasteiger partial charge is 0.367 e. The molecule has 5 rings (SSSR count). The Morgan fingerprint density at radius 3 is 2.15 bits per heavy atom. The molecule has 0 saturated carbocycles. The molecule has 1 heterocycles. The van der Waals surface area contributed by atoms with Crippen LogP contribution in [0, 0.1) is 0 Å². The van der Waals surface area contributed by atoms with E-state index in [2.05, 4.69) is 22.5 Å². The second-order valence-electron chi connectivity index (χ2n) is 11.2. The van der Waals surface area contributed by atoms with E-state index in [1.165, 1.54) is 12.1 Å². The normalized spacial score (nSPS) is 12.7. The molecule has 1 atom stereocenters. The van der Waals surface area contributed by atoms with E-state index >= 15 is 0 Å². The maximum atomic E-state index is 13.5. The minimum absolute atomic E-state index is 0.245. The van der Waals surface area contributed by atoms with Gasteiger partial charge in [-0.25, -0.2) is 4.98 Å². The summed E-state index contributed by atoms with van der Waals surface area (Å²) in [5.41, 5.74) is 6.37. The van der Waals surface area contributed by atoms with Crippen molar-refractivity contribution in [1.82, 2.24) is 10.3 Å². The van der Waals surface area contributed by atoms with Crippen molar-refractivity contribution >= 4 is 34.4 Å². The van der Waals surface area contributed by atoms with Gasteiger partial charge in [0, 0.05) is 16.5 Å². The third kappa shape index (κ3) is 7.33. The lowest BCUT2D eigenvalue weighted by atomic mass is 9.83. The number of nitrogens with two attached hydrogens (primary N) is 1. The highest BCUT2D eigenvalue weighted by Crippen LogP contribution is 2.32. The molecule has 0 unspecified atom stereocenters. The van der Waals surface area contributed by atoms with Gasteiger partial charge in [0.1, 0.15) is 11.4 Å². The van der Waals surface area contributed by atoms with Crippen LogP contribution < -0.4 is 16.4 Å². The van der Waals surface area contributed by atoms with Crippen molar-refractivity contribution in [2.75, 3.05) is 5.32 Å². The zero-order valence-electron chi connectivity index (χ0n) is 25.6. The number of fused-ring (bicyclic) bond motifs is 1. The Morgan fingerprint density at radius 1 is 0.766 bits per heavy atom. The van der Waals surface area contributed by atoms with Crippen molar-refractivity contribution in [3.8, 4) is 11.1 Å². The molecule has 0 spiro atoms. The standard InChI is InChI=1S/C37H33F3N4O3/c1-2-3-9-22-36(35(41)47,27-10-5-4-6-11-27)44-33(45)26-16-20-31-25(23-26)17-21-32(42-31)43-34(46)30-13-8-7-12-29(30)24-14-18-28(19-15-24)37(38,39)40/h4-8,10-21,23H,2-3,9,22H2,1H3,(H2,41,47)(H,44,45)(H,42,43,46)/t36-/m0/s1. The minimum Gasteiger partial charge on any atom is -0.367 e. The summed E-state index contributed by atoms with van der Waals surface area (Å²) in [6.45, 7) is 2.05. The third-order valence-electron chi connectivity index (χ3n) is 8.06. The lowest BCUT2D eigenvalue weighted by molar-refractivity contribution is -0.137. The number of carbonyl (C=O) groups is 3. The molecule has 240 valence electrons. The summed E-state index contributed by atoms with van der Waals surface area (Å²) >= 11 is 0. The van der Waals surface area contributed by atoms with Crippen LogP contribution in [-0.2, 0) is 16.5 Å². The number of unbranched alkanes of at least 4 members (excludes halogenated alkanes) is 2. The van der Waals surface area contributed by atoms with Crippen LogP contribution in [0.3, 0.4) is 0 Å². The van der Waals surface area contributed by atoms with Crippen LogP contribution >= 0.6 is 0 Å². The van der Waals surface area contributed by atoms with Gasteiger partial charge in [-0.2, -0.15) is 13.2 Å². The van der Waals surface area contributed by atoms with Crippen molar-refractivity contribution in [2.45, 2.75) is 44.3 Å². The van der Waals surface area contributed by atoms with E-state index in [4.69, 9.17) is 5.73 Å². The summed E-state index contributed by atoms with van der Waals surface area (Å²) in [7, 11) is 0. The highest BCUT2D eigenvalue weighted by Gasteiger charge is 2.39. The molecule has 5 aromatic rings. The fraction of sp³-hybridized carbons (Fsp3) is 0.189. The van der Waals surface area contributed by atoms with Gasteiger partial charge in [-0.05, 0) is 71.6 Å². The number of anilines is 1. The number of nitrogens with one attached hydrogen (secondary N) is 2. The lowest BCUT2D eigenvalue weighted by Gasteiger charge is -2.32. The van der Waals surface area contributed by atoms with Gasteiger partial charge in [-0.1, -0.05) is 86.8 Å². The Balaban J connectivity index is 1.36. The molecule has 7 nitrogen and oxygen atoms in total. The number of aromatic nitrogens is 1. The Kier molecular flexibility index (Phi) is 9.70. The molecule has 47 heavy (non-hydrogen) atoms. The van der Waals surface area contributed by atoms with E-state index < -0.39 is 35.0 Å². The molecule has 0 fully saturated rings. The van der Waals surface area contributed by atoms with E-state index in [1.807, 2.05) is 6.07 Å². The Hall–Kier alpha value is -5.51. The summed E-state index contributed by atoms with van der Waals surface area (Å²) in [5.74, 6) is -1.36. The van der Waals surface area contributed by atoms with Gasteiger partial charge in [0.05, 0.1) is 11.1 Å². The first-order chi connectivity index (χ1) is 22.5. The summed E-state index contributed by atoms with van der Waals surface area (Å²) in [5, 5.41) is 6.30. The van der Waals surface area contributed by atoms with Crippen LogP contribution in [-0.4, -0.2) is 22.7 Å². The summed E-state index contributed by atoms with van der Waals surface area (Å²) < 4.78 is 39.1. The van der Waals surface area contributed by atoms with Crippen molar-refractivity contribution in [2.24, 2.45) is 5.73 Å². The maximum Gasteiger partial charge on any atom is 0.416 e. The zero-order chi connectivity index (χ0) is 33.6. The van der Waals surface area contributed by atoms with Gasteiger partial charge in [-0.3, -0.25) is 14.4 Å². The van der Waals surface area contributed by atoms with Gasteiger partial charge in [-0.15, -0.1) is 0 Å². The molecule has 0 aliphatic carbocycles. The van der Waals surface area contributed by atoms with Crippen LogP contribution in [0.4, 0.5) is 19.0 Å². The molecule has 3 amide bonds. The number of pyridine rings is 1. The summed E-state index contributed by atoms with van der Waals surface area (Å²) in [6, 6.07) is 28.4. The zero-order valence-corrected chi connectivity index (χ0v) is 25.6. The van der Waals surface area contributed by atoms with Crippen LogP contribution in [0.2, 0.25) is 0 Å². The number of primary amides is 1. The quantitative estimate of drug-likeness (QED) is 0.128. The highest BCUT2D eigenvalue weighted by molar-refractivity contribution is 6.09. The second kappa shape index (κ2) is 13.9. The first kappa shape index (κ1) is 32.9. The van der Waals surface area contributed by atoms with Crippen LogP contribution in [0.25, 0.3) is 22.0 Å². The molecule has 0 aliphatic rings. The number of hydrogen-bond acceptors (Lipinski definition) is 4. The predicted molar refractivity (Wildman–Crippen MR) is 175 cm³/mol. The first-order valence-electron chi connectivity index (χ1n) is 15.2. The Labute approximate surface area is 270 Å². The van der Waals surface area contributed by atoms with Crippen molar-refractivity contribution in [3.05, 3.63) is 131 Å². The summed E-state index contributed by atoms with van der Waals surface area (Å²) in [6.07, 6.45) is -1.61. The number of alkyl halides is 3. The van der Waals surface area contributed by atoms with Crippen LogP contribution in [0.1, 0.15) is 64.4 Å².